The van der Waals surface area contributed by atoms with E-state index < -0.39 is 0 Å². The Labute approximate surface area is 83.1 Å². The highest BCUT2D eigenvalue weighted by Crippen LogP contribution is 2.12. The van der Waals surface area contributed by atoms with E-state index in [1.165, 1.54) is 22.7 Å². The summed E-state index contributed by atoms with van der Waals surface area (Å²) in [5, 5.41) is 2.73. The second kappa shape index (κ2) is 3.76. The number of carbonyl (C=O) groups is 1. The third-order valence-corrected chi connectivity index (χ3v) is 3.10. The number of rotatable bonds is 3. The Balaban J connectivity index is 2.08. The normalized spacial score (nSPS) is 10.2. The van der Waals surface area contributed by atoms with Crippen molar-refractivity contribution in [2.75, 3.05) is 0 Å². The summed E-state index contributed by atoms with van der Waals surface area (Å²) in [5.41, 5.74) is 1.66. The molecule has 0 aliphatic carbocycles. The summed E-state index contributed by atoms with van der Waals surface area (Å²) in [7, 11) is 0. The van der Waals surface area contributed by atoms with Gasteiger partial charge in [-0.1, -0.05) is 0 Å². The minimum atomic E-state index is 0.0949. The molecule has 2 aromatic rings. The molecule has 0 amide bonds. The predicted octanol–water partition coefficient (Wildman–Crippen LogP) is 2.02. The Morgan fingerprint density at radius 3 is 3.00 bits per heavy atom. The summed E-state index contributed by atoms with van der Waals surface area (Å²) < 4.78 is 0. The van der Waals surface area contributed by atoms with Crippen molar-refractivity contribution in [2.45, 2.75) is 6.42 Å². The number of hydrogen-bond acceptors (Lipinski definition) is 5. The van der Waals surface area contributed by atoms with Gasteiger partial charge in [0.2, 0.25) is 0 Å². The number of thiazole rings is 2. The lowest BCUT2D eigenvalue weighted by Gasteiger charge is -1.91. The Morgan fingerprint density at radius 2 is 2.38 bits per heavy atom. The van der Waals surface area contributed by atoms with E-state index in [0.717, 1.165) is 5.01 Å². The van der Waals surface area contributed by atoms with E-state index in [1.54, 1.807) is 17.9 Å². The van der Waals surface area contributed by atoms with Gasteiger partial charge >= 0.3 is 0 Å². The molecule has 0 fully saturated rings. The van der Waals surface area contributed by atoms with Gasteiger partial charge in [0.1, 0.15) is 5.01 Å². The van der Waals surface area contributed by atoms with E-state index in [9.17, 15) is 4.79 Å². The molecule has 0 aliphatic heterocycles. The van der Waals surface area contributed by atoms with Gasteiger partial charge in [0.05, 0.1) is 16.8 Å². The van der Waals surface area contributed by atoms with Gasteiger partial charge < -0.3 is 0 Å². The van der Waals surface area contributed by atoms with Crippen molar-refractivity contribution < 1.29 is 4.79 Å². The molecule has 0 N–H and O–H groups in total. The van der Waals surface area contributed by atoms with Crippen LogP contribution in [0, 0.1) is 0 Å². The van der Waals surface area contributed by atoms with Crippen LogP contribution in [-0.4, -0.2) is 15.8 Å². The van der Waals surface area contributed by atoms with Crippen LogP contribution in [0.15, 0.2) is 23.3 Å². The van der Waals surface area contributed by atoms with E-state index in [-0.39, 0.29) is 5.78 Å². The lowest BCUT2D eigenvalue weighted by molar-refractivity contribution is 0.0996. The summed E-state index contributed by atoms with van der Waals surface area (Å²) >= 11 is 2.87. The molecule has 0 aromatic carbocycles. The fraction of sp³-hybridized carbons (Fsp3) is 0.125. The number of nitrogens with zero attached hydrogens (tertiary/aromatic N) is 2. The average Bonchev–Trinajstić information content (AvgIpc) is 2.74. The average molecular weight is 210 g/mol. The van der Waals surface area contributed by atoms with Crippen molar-refractivity contribution in [3.8, 4) is 0 Å². The summed E-state index contributed by atoms with van der Waals surface area (Å²) in [6.07, 6.45) is 3.69. The van der Waals surface area contributed by atoms with E-state index >= 15 is 0 Å². The molecule has 0 bridgehead atoms. The topological polar surface area (TPSA) is 42.9 Å². The van der Waals surface area contributed by atoms with Gasteiger partial charge in [0, 0.05) is 17.8 Å². The van der Waals surface area contributed by atoms with Crippen LogP contribution in [0.2, 0.25) is 0 Å². The van der Waals surface area contributed by atoms with Crippen LogP contribution in [0.3, 0.4) is 0 Å². The van der Waals surface area contributed by atoms with Crippen molar-refractivity contribution in [3.05, 3.63) is 33.2 Å². The Morgan fingerprint density at radius 1 is 1.46 bits per heavy atom. The molecule has 0 saturated heterocycles. The molecule has 3 nitrogen and oxygen atoms in total. The quantitative estimate of drug-likeness (QED) is 0.728. The zero-order chi connectivity index (χ0) is 9.10. The first-order valence-corrected chi connectivity index (χ1v) is 5.42. The van der Waals surface area contributed by atoms with Gasteiger partial charge in [0.25, 0.3) is 0 Å². The maximum absolute atomic E-state index is 11.5. The van der Waals surface area contributed by atoms with Crippen molar-refractivity contribution in [1.29, 1.82) is 0 Å². The monoisotopic (exact) mass is 210 g/mol. The Bertz CT molecular complexity index is 380. The van der Waals surface area contributed by atoms with E-state index in [1.807, 2.05) is 5.38 Å². The molecular weight excluding hydrogens is 204 g/mol. The molecule has 0 atom stereocenters. The van der Waals surface area contributed by atoms with Crippen LogP contribution in [0.4, 0.5) is 0 Å². The summed E-state index contributed by atoms with van der Waals surface area (Å²) in [6.45, 7) is 0. The molecular formula is C8H6N2OS2. The van der Waals surface area contributed by atoms with Crippen LogP contribution in [-0.2, 0) is 6.42 Å². The van der Waals surface area contributed by atoms with Gasteiger partial charge in [-0.2, -0.15) is 0 Å². The Hall–Kier alpha value is -1.07. The van der Waals surface area contributed by atoms with Gasteiger partial charge in [-0.3, -0.25) is 9.78 Å². The lowest BCUT2D eigenvalue weighted by atomic mass is 10.3. The van der Waals surface area contributed by atoms with Crippen LogP contribution < -0.4 is 0 Å². The standard InChI is InChI=1S/C8H6N2OS2/c11-6(7-4-9-5-13-7)3-8-10-1-2-12-8/h1-2,4-5H,3H2. The van der Waals surface area contributed by atoms with Crippen molar-refractivity contribution in [2.24, 2.45) is 0 Å². The number of aromatic nitrogens is 2. The van der Waals surface area contributed by atoms with Crippen LogP contribution in [0.5, 0.6) is 0 Å². The number of ketones is 1. The molecule has 66 valence electrons. The first-order chi connectivity index (χ1) is 6.36. The van der Waals surface area contributed by atoms with Crippen LogP contribution >= 0.6 is 22.7 Å². The first-order valence-electron chi connectivity index (χ1n) is 3.66. The minimum absolute atomic E-state index is 0.0949. The van der Waals surface area contributed by atoms with E-state index in [4.69, 9.17) is 0 Å². The highest BCUT2D eigenvalue weighted by atomic mass is 32.1. The van der Waals surface area contributed by atoms with E-state index in [0.29, 0.717) is 11.3 Å². The zero-order valence-corrected chi connectivity index (χ0v) is 8.27. The van der Waals surface area contributed by atoms with Crippen molar-refractivity contribution in [1.82, 2.24) is 9.97 Å². The molecule has 2 aromatic heterocycles. The highest BCUT2D eigenvalue weighted by molar-refractivity contribution is 7.12. The SMILES string of the molecule is O=C(Cc1nccs1)c1cncs1. The van der Waals surface area contributed by atoms with E-state index in [2.05, 4.69) is 9.97 Å². The third kappa shape index (κ3) is 1.99. The number of Topliss-reactive ketones (excluding diaryl/α,β-unsaturated/α-hetero) is 1. The maximum Gasteiger partial charge on any atom is 0.181 e. The Kier molecular flexibility index (Phi) is 2.47. The van der Waals surface area contributed by atoms with Gasteiger partial charge in [0.15, 0.2) is 5.78 Å². The fourth-order valence-electron chi connectivity index (χ4n) is 0.918. The molecule has 0 saturated carbocycles. The molecule has 0 spiro atoms. The molecule has 2 rings (SSSR count). The summed E-state index contributed by atoms with van der Waals surface area (Å²) in [6, 6.07) is 0. The van der Waals surface area contributed by atoms with Crippen LogP contribution in [0.25, 0.3) is 0 Å². The number of hydrogen-bond donors (Lipinski definition) is 0. The molecule has 13 heavy (non-hydrogen) atoms. The first kappa shape index (κ1) is 8.52. The smallest absolute Gasteiger partial charge is 0.181 e. The second-order valence-corrected chi connectivity index (χ2v) is 4.26. The van der Waals surface area contributed by atoms with Crippen molar-refractivity contribution in [3.63, 3.8) is 0 Å². The van der Waals surface area contributed by atoms with Crippen LogP contribution in [0.1, 0.15) is 14.7 Å². The van der Waals surface area contributed by atoms with Crippen molar-refractivity contribution >= 4 is 28.5 Å². The fourth-order valence-corrected chi connectivity index (χ4v) is 2.09. The summed E-state index contributed by atoms with van der Waals surface area (Å²) in [5.74, 6) is 0.0949. The molecule has 0 aliphatic rings. The largest absolute Gasteiger partial charge is 0.293 e. The van der Waals surface area contributed by atoms with Gasteiger partial charge in [-0.15, -0.1) is 22.7 Å². The molecule has 0 radical (unpaired) electrons. The molecule has 5 heteroatoms. The lowest BCUT2D eigenvalue weighted by Crippen LogP contribution is -2.00. The molecule has 0 unspecified atom stereocenters. The minimum Gasteiger partial charge on any atom is -0.293 e. The zero-order valence-electron chi connectivity index (χ0n) is 6.64. The summed E-state index contributed by atoms with van der Waals surface area (Å²) in [4.78, 5) is 20.1. The second-order valence-electron chi connectivity index (χ2n) is 2.39. The van der Waals surface area contributed by atoms with Gasteiger partial charge in [-0.05, 0) is 0 Å². The molecule has 2 heterocycles. The predicted molar refractivity (Wildman–Crippen MR) is 52.3 cm³/mol. The highest BCUT2D eigenvalue weighted by Gasteiger charge is 2.09. The number of carbonyl (C=O) groups excluding carboxylic acids is 1. The third-order valence-electron chi connectivity index (χ3n) is 1.50. The maximum atomic E-state index is 11.5. The van der Waals surface area contributed by atoms with Gasteiger partial charge in [-0.25, -0.2) is 4.98 Å².